The van der Waals surface area contributed by atoms with Crippen LogP contribution in [0.4, 0.5) is 0 Å². The quantitative estimate of drug-likeness (QED) is 0.857. The molecule has 1 saturated carbocycles. The van der Waals surface area contributed by atoms with Crippen LogP contribution >= 0.6 is 0 Å². The lowest BCUT2D eigenvalue weighted by Gasteiger charge is -2.35. The van der Waals surface area contributed by atoms with Gasteiger partial charge in [0.05, 0.1) is 12.7 Å². The molecule has 0 bridgehead atoms. The smallest absolute Gasteiger partial charge is 0.257 e. The van der Waals surface area contributed by atoms with Crippen molar-refractivity contribution in [1.29, 1.82) is 0 Å². The number of amides is 2. The second-order valence-corrected chi connectivity index (χ2v) is 7.06. The van der Waals surface area contributed by atoms with Gasteiger partial charge in [-0.3, -0.25) is 9.59 Å². The van der Waals surface area contributed by atoms with Gasteiger partial charge in [-0.25, -0.2) is 0 Å². The molecule has 1 unspecified atom stereocenters. The van der Waals surface area contributed by atoms with Crippen molar-refractivity contribution in [1.82, 2.24) is 9.80 Å². The van der Waals surface area contributed by atoms with Crippen LogP contribution in [0, 0.1) is 11.3 Å². The lowest BCUT2D eigenvalue weighted by Crippen LogP contribution is -2.51. The summed E-state index contributed by atoms with van der Waals surface area (Å²) in [6, 6.07) is 7.27. The van der Waals surface area contributed by atoms with Gasteiger partial charge in [0.2, 0.25) is 5.91 Å². The molecule has 2 amide bonds. The average Bonchev–Trinajstić information content (AvgIpc) is 3.22. The molecule has 0 spiro atoms. The highest BCUT2D eigenvalue weighted by atomic mass is 16.5. The zero-order chi connectivity index (χ0) is 16.6. The molecular weight excluding hydrogens is 292 g/mol. The first-order chi connectivity index (χ1) is 10.9. The van der Waals surface area contributed by atoms with Crippen LogP contribution in [0.2, 0.25) is 0 Å². The van der Waals surface area contributed by atoms with Gasteiger partial charge in [-0.15, -0.1) is 0 Å². The summed E-state index contributed by atoms with van der Waals surface area (Å²) < 4.78 is 5.27. The van der Waals surface area contributed by atoms with E-state index in [-0.39, 0.29) is 23.1 Å². The number of carbonyl (C=O) groups excluding carboxylic acids is 2. The highest BCUT2D eigenvalue weighted by Crippen LogP contribution is 2.52. The predicted octanol–water partition coefficient (Wildman–Crippen LogP) is 2.03. The molecule has 1 heterocycles. The van der Waals surface area contributed by atoms with E-state index in [0.29, 0.717) is 37.5 Å². The fraction of sp³-hybridized carbons (Fsp3) is 0.556. The van der Waals surface area contributed by atoms with E-state index < -0.39 is 0 Å². The molecule has 3 rings (SSSR count). The van der Waals surface area contributed by atoms with Gasteiger partial charge in [0, 0.05) is 32.1 Å². The fourth-order valence-corrected chi connectivity index (χ4v) is 3.23. The van der Waals surface area contributed by atoms with Crippen LogP contribution in [0.25, 0.3) is 0 Å². The van der Waals surface area contributed by atoms with E-state index in [1.165, 1.54) is 0 Å². The van der Waals surface area contributed by atoms with Crippen molar-refractivity contribution in [3.63, 3.8) is 0 Å². The number of piperazine rings is 1. The van der Waals surface area contributed by atoms with Crippen molar-refractivity contribution in [2.75, 3.05) is 33.3 Å². The Morgan fingerprint density at radius 3 is 2.22 bits per heavy atom. The maximum atomic E-state index is 12.6. The molecule has 1 aliphatic heterocycles. The van der Waals surface area contributed by atoms with Crippen LogP contribution in [0.1, 0.15) is 30.6 Å². The van der Waals surface area contributed by atoms with E-state index in [4.69, 9.17) is 4.74 Å². The largest absolute Gasteiger partial charge is 0.496 e. The lowest BCUT2D eigenvalue weighted by atomic mass is 10.1. The third kappa shape index (κ3) is 3.05. The maximum Gasteiger partial charge on any atom is 0.257 e. The van der Waals surface area contributed by atoms with Crippen molar-refractivity contribution in [2.24, 2.45) is 11.3 Å². The first kappa shape index (κ1) is 15.8. The average molecular weight is 316 g/mol. The Balaban J connectivity index is 1.61. The molecule has 124 valence electrons. The van der Waals surface area contributed by atoms with E-state index in [1.54, 1.807) is 24.1 Å². The highest BCUT2D eigenvalue weighted by Gasteiger charge is 2.52. The number of methoxy groups -OCH3 is 1. The molecule has 0 aromatic heterocycles. The summed E-state index contributed by atoms with van der Waals surface area (Å²) in [5.41, 5.74) is 0.736. The molecule has 1 aromatic carbocycles. The Morgan fingerprint density at radius 1 is 1.09 bits per heavy atom. The maximum absolute atomic E-state index is 12.6. The summed E-state index contributed by atoms with van der Waals surface area (Å²) in [5, 5.41) is 0. The van der Waals surface area contributed by atoms with E-state index in [1.807, 2.05) is 17.0 Å². The molecule has 5 nitrogen and oxygen atoms in total. The lowest BCUT2D eigenvalue weighted by molar-refractivity contribution is -0.134. The van der Waals surface area contributed by atoms with Gasteiger partial charge in [-0.2, -0.15) is 0 Å². The van der Waals surface area contributed by atoms with Gasteiger partial charge < -0.3 is 14.5 Å². The molecule has 23 heavy (non-hydrogen) atoms. The van der Waals surface area contributed by atoms with Crippen LogP contribution in [0.15, 0.2) is 24.3 Å². The molecule has 0 N–H and O–H groups in total. The minimum atomic E-state index is -0.0266. The molecule has 5 heteroatoms. The zero-order valence-corrected chi connectivity index (χ0v) is 14.0. The van der Waals surface area contributed by atoms with Crippen LogP contribution in [-0.2, 0) is 4.79 Å². The number of para-hydroxylation sites is 1. The van der Waals surface area contributed by atoms with Gasteiger partial charge in [0.25, 0.3) is 5.91 Å². The Kier molecular flexibility index (Phi) is 4.04. The highest BCUT2D eigenvalue weighted by molar-refractivity contribution is 5.97. The number of rotatable bonds is 3. The molecule has 1 saturated heterocycles. The monoisotopic (exact) mass is 316 g/mol. The Hall–Kier alpha value is -2.04. The molecule has 2 fully saturated rings. The SMILES string of the molecule is COc1ccccc1C(=O)N1CCN(C(=O)C2CC2(C)C)CC1. The molecule has 1 atom stereocenters. The standard InChI is InChI=1S/C18H24N2O3/c1-18(2)12-14(18)17(22)20-10-8-19(9-11-20)16(21)13-6-4-5-7-15(13)23-3/h4-7,14H,8-12H2,1-3H3. The normalized spacial score (nSPS) is 22.7. The fourth-order valence-electron chi connectivity index (χ4n) is 3.23. The zero-order valence-electron chi connectivity index (χ0n) is 14.0. The number of hydrogen-bond acceptors (Lipinski definition) is 3. The Labute approximate surface area is 137 Å². The van der Waals surface area contributed by atoms with Gasteiger partial charge in [0.1, 0.15) is 5.75 Å². The summed E-state index contributed by atoms with van der Waals surface area (Å²) in [7, 11) is 1.57. The van der Waals surface area contributed by atoms with E-state index in [2.05, 4.69) is 13.8 Å². The molecule has 1 aromatic rings. The van der Waals surface area contributed by atoms with Crippen molar-refractivity contribution in [2.45, 2.75) is 20.3 Å². The first-order valence-corrected chi connectivity index (χ1v) is 8.15. The number of hydrogen-bond donors (Lipinski definition) is 0. The summed E-state index contributed by atoms with van der Waals surface area (Å²) >= 11 is 0. The predicted molar refractivity (Wildman–Crippen MR) is 87.4 cm³/mol. The van der Waals surface area contributed by atoms with Gasteiger partial charge in [0.15, 0.2) is 0 Å². The van der Waals surface area contributed by atoms with Crippen molar-refractivity contribution in [3.8, 4) is 5.75 Å². The molecule has 0 radical (unpaired) electrons. The van der Waals surface area contributed by atoms with E-state index >= 15 is 0 Å². The van der Waals surface area contributed by atoms with Crippen molar-refractivity contribution in [3.05, 3.63) is 29.8 Å². The summed E-state index contributed by atoms with van der Waals surface area (Å²) in [5.74, 6) is 0.982. The third-order valence-corrected chi connectivity index (χ3v) is 5.03. The topological polar surface area (TPSA) is 49.9 Å². The number of carbonyl (C=O) groups is 2. The Bertz CT molecular complexity index is 618. The van der Waals surface area contributed by atoms with Crippen LogP contribution in [0.5, 0.6) is 5.75 Å². The van der Waals surface area contributed by atoms with Crippen molar-refractivity contribution < 1.29 is 14.3 Å². The van der Waals surface area contributed by atoms with E-state index in [0.717, 1.165) is 6.42 Å². The number of nitrogens with zero attached hydrogens (tertiary/aromatic N) is 2. The van der Waals surface area contributed by atoms with Crippen molar-refractivity contribution >= 4 is 11.8 Å². The minimum Gasteiger partial charge on any atom is -0.496 e. The molecule has 2 aliphatic rings. The molecular formula is C18H24N2O3. The second kappa shape index (κ2) is 5.87. The summed E-state index contributed by atoms with van der Waals surface area (Å²) in [6.07, 6.45) is 0.978. The van der Waals surface area contributed by atoms with Crippen LogP contribution < -0.4 is 4.74 Å². The summed E-state index contributed by atoms with van der Waals surface area (Å²) in [4.78, 5) is 28.8. The third-order valence-electron chi connectivity index (χ3n) is 5.03. The van der Waals surface area contributed by atoms with E-state index in [9.17, 15) is 9.59 Å². The second-order valence-electron chi connectivity index (χ2n) is 7.06. The van der Waals surface area contributed by atoms with Crippen LogP contribution in [0.3, 0.4) is 0 Å². The first-order valence-electron chi connectivity index (χ1n) is 8.15. The summed E-state index contributed by atoms with van der Waals surface area (Å²) in [6.45, 7) is 6.66. The number of ether oxygens (including phenoxy) is 1. The van der Waals surface area contributed by atoms with Gasteiger partial charge in [-0.1, -0.05) is 26.0 Å². The number of benzene rings is 1. The van der Waals surface area contributed by atoms with Gasteiger partial charge in [-0.05, 0) is 24.0 Å². The minimum absolute atomic E-state index is 0.0266. The molecule has 1 aliphatic carbocycles. The van der Waals surface area contributed by atoms with Crippen LogP contribution in [-0.4, -0.2) is 54.9 Å². The van der Waals surface area contributed by atoms with Gasteiger partial charge >= 0.3 is 0 Å². The Morgan fingerprint density at radius 2 is 1.65 bits per heavy atom.